The molecule has 5 rings (SSSR count). The average molecular weight is 534 g/mol. The van der Waals surface area contributed by atoms with Crippen LogP contribution in [-0.2, 0) is 9.53 Å². The number of hydrogen-bond donors (Lipinski definition) is 2. The lowest BCUT2D eigenvalue weighted by Crippen LogP contribution is -2.26. The first kappa shape index (κ1) is 27.3. The number of ether oxygens (including phenoxy) is 1. The highest BCUT2D eigenvalue weighted by Gasteiger charge is 2.55. The largest absolute Gasteiger partial charge is 0.466 e. The molecule has 5 atom stereocenters. The highest BCUT2D eigenvalue weighted by atomic mass is 16.5. The fourth-order valence-electron chi connectivity index (χ4n) is 6.13. The minimum atomic E-state index is -0.707. The molecule has 208 valence electrons. The van der Waals surface area contributed by atoms with E-state index in [1.165, 1.54) is 11.1 Å². The number of likely N-dealkylation sites (tertiary alicyclic amines) is 1. The van der Waals surface area contributed by atoms with Crippen LogP contribution >= 0.6 is 0 Å². The molecule has 9 nitrogen and oxygen atoms in total. The van der Waals surface area contributed by atoms with Gasteiger partial charge in [0.25, 0.3) is 0 Å². The third kappa shape index (κ3) is 6.00. The van der Waals surface area contributed by atoms with Gasteiger partial charge in [-0.3, -0.25) is 4.79 Å². The summed E-state index contributed by atoms with van der Waals surface area (Å²) in [5, 5.41) is 14.3. The molecule has 39 heavy (non-hydrogen) atoms. The van der Waals surface area contributed by atoms with Gasteiger partial charge < -0.3 is 29.6 Å². The molecule has 3 N–H and O–H groups in total. The smallest absolute Gasteiger partial charge is 0.305 e. The maximum atomic E-state index is 11.6. The molecule has 2 unspecified atom stereocenters. The number of carbonyl (C=O) groups is 1. The van der Waals surface area contributed by atoms with Crippen molar-refractivity contribution in [2.45, 2.75) is 45.8 Å². The van der Waals surface area contributed by atoms with Gasteiger partial charge in [-0.05, 0) is 57.1 Å². The molecule has 2 aliphatic rings. The lowest BCUT2D eigenvalue weighted by molar-refractivity contribution is -0.143. The Labute approximate surface area is 229 Å². The lowest BCUT2D eigenvalue weighted by atomic mass is 10.0. The van der Waals surface area contributed by atoms with Crippen molar-refractivity contribution in [2.75, 3.05) is 32.8 Å². The van der Waals surface area contributed by atoms with E-state index >= 15 is 0 Å². The van der Waals surface area contributed by atoms with Crippen molar-refractivity contribution >= 4 is 12.0 Å². The van der Waals surface area contributed by atoms with Crippen LogP contribution in [0.3, 0.4) is 0 Å². The zero-order valence-corrected chi connectivity index (χ0v) is 23.0. The fraction of sp³-hybridized carbons (Fsp3) is 0.500. The number of imidazole rings is 1. The molecule has 0 bridgehead atoms. The standard InChI is InChI=1S/C30H39N5O4/c1-4-38-28(37)6-5-12-34-17-23-24(18-34)29(23)19(2)14-21-7-9-22(10-8-21)27-15-25(33-39-27)26(16-31)35-13-11-32-30(35)20(3)36/h7-11,13-15,20,23-24,26,29,36H,4-6,12,16-18,31H2,1-3H3/b19-14+/t20-,23-,24?,26+,29?/m0/s1. The normalized spacial score (nSPS) is 22.5. The first-order valence-corrected chi connectivity index (χ1v) is 13.9. The highest BCUT2D eigenvalue weighted by molar-refractivity contribution is 5.69. The van der Waals surface area contributed by atoms with Crippen molar-refractivity contribution < 1.29 is 19.2 Å². The number of rotatable bonds is 12. The van der Waals surface area contributed by atoms with Crippen molar-refractivity contribution in [3.05, 3.63) is 65.4 Å². The second-order valence-corrected chi connectivity index (χ2v) is 10.8. The van der Waals surface area contributed by atoms with Gasteiger partial charge in [-0.1, -0.05) is 41.1 Å². The molecule has 0 radical (unpaired) electrons. The molecular formula is C30H39N5O4. The lowest BCUT2D eigenvalue weighted by Gasteiger charge is -2.19. The third-order valence-electron chi connectivity index (χ3n) is 8.05. The molecule has 1 aliphatic carbocycles. The zero-order valence-electron chi connectivity index (χ0n) is 23.0. The number of aliphatic hydroxyl groups excluding tert-OH is 1. The van der Waals surface area contributed by atoms with Crippen LogP contribution in [-0.4, -0.2) is 63.5 Å². The van der Waals surface area contributed by atoms with Crippen LogP contribution in [0.4, 0.5) is 0 Å². The fourth-order valence-corrected chi connectivity index (χ4v) is 6.13. The predicted octanol–water partition coefficient (Wildman–Crippen LogP) is 4.06. The molecule has 3 aromatic rings. The topological polar surface area (TPSA) is 120 Å². The van der Waals surface area contributed by atoms with E-state index in [1.807, 2.05) is 17.6 Å². The SMILES string of the molecule is CCOC(=O)CCCN1CC2C(/C(C)=C/c3ccc(-c4cc([C@@H](CN)n5ccnc5[C@H](C)O)no4)cc3)[C@H]2C1. The molecule has 0 amide bonds. The quantitative estimate of drug-likeness (QED) is 0.335. The Hall–Kier alpha value is -3.27. The summed E-state index contributed by atoms with van der Waals surface area (Å²) in [5.41, 5.74) is 10.3. The summed E-state index contributed by atoms with van der Waals surface area (Å²) in [7, 11) is 0. The number of carbonyl (C=O) groups excluding carboxylic acids is 1. The van der Waals surface area contributed by atoms with Crippen molar-refractivity contribution in [2.24, 2.45) is 23.5 Å². The number of fused-ring (bicyclic) bond motifs is 1. The number of piperidine rings is 1. The van der Waals surface area contributed by atoms with Crippen molar-refractivity contribution in [1.29, 1.82) is 0 Å². The Kier molecular flexibility index (Phi) is 8.30. The number of aromatic nitrogens is 3. The maximum absolute atomic E-state index is 11.6. The van der Waals surface area contributed by atoms with Crippen LogP contribution in [0, 0.1) is 17.8 Å². The molecule has 2 fully saturated rings. The first-order valence-electron chi connectivity index (χ1n) is 13.9. The van der Waals surface area contributed by atoms with E-state index in [2.05, 4.69) is 52.3 Å². The van der Waals surface area contributed by atoms with Crippen LogP contribution < -0.4 is 5.73 Å². The molecule has 9 heteroatoms. The molecule has 0 spiro atoms. The summed E-state index contributed by atoms with van der Waals surface area (Å²) in [4.78, 5) is 18.3. The van der Waals surface area contributed by atoms with Crippen LogP contribution in [0.15, 0.2) is 52.8 Å². The summed E-state index contributed by atoms with van der Waals surface area (Å²) >= 11 is 0. The van der Waals surface area contributed by atoms with Crippen LogP contribution in [0.1, 0.15) is 62.8 Å². The van der Waals surface area contributed by atoms with Crippen molar-refractivity contribution in [3.63, 3.8) is 0 Å². The number of aliphatic hydroxyl groups is 1. The Morgan fingerprint density at radius 1 is 1.28 bits per heavy atom. The van der Waals surface area contributed by atoms with Gasteiger partial charge in [0.1, 0.15) is 17.6 Å². The van der Waals surface area contributed by atoms with Gasteiger partial charge in [0.2, 0.25) is 0 Å². The van der Waals surface area contributed by atoms with E-state index in [1.54, 1.807) is 19.3 Å². The Bertz CT molecular complexity index is 1280. The Morgan fingerprint density at radius 3 is 2.69 bits per heavy atom. The number of esters is 1. The molecular weight excluding hydrogens is 494 g/mol. The maximum Gasteiger partial charge on any atom is 0.305 e. The molecule has 1 aliphatic heterocycles. The zero-order chi connectivity index (χ0) is 27.5. The summed E-state index contributed by atoms with van der Waals surface area (Å²) in [6.07, 6.45) is 6.42. The average Bonchev–Trinajstić information content (AvgIpc) is 3.38. The number of nitrogens with zero attached hydrogens (tertiary/aromatic N) is 4. The van der Waals surface area contributed by atoms with E-state index in [0.717, 1.165) is 43.5 Å². The van der Waals surface area contributed by atoms with E-state index < -0.39 is 6.10 Å². The van der Waals surface area contributed by atoms with E-state index in [0.29, 0.717) is 42.8 Å². The van der Waals surface area contributed by atoms with Crippen molar-refractivity contribution in [1.82, 2.24) is 19.6 Å². The number of hydrogen-bond acceptors (Lipinski definition) is 8. The third-order valence-corrected chi connectivity index (χ3v) is 8.05. The van der Waals surface area contributed by atoms with Crippen LogP contribution in [0.5, 0.6) is 0 Å². The van der Waals surface area contributed by atoms with E-state index in [9.17, 15) is 9.90 Å². The van der Waals surface area contributed by atoms with Crippen LogP contribution in [0.2, 0.25) is 0 Å². The summed E-state index contributed by atoms with van der Waals surface area (Å²) < 4.78 is 12.5. The second-order valence-electron chi connectivity index (χ2n) is 10.8. The second kappa shape index (κ2) is 11.9. The number of benzene rings is 1. The van der Waals surface area contributed by atoms with Gasteiger partial charge >= 0.3 is 5.97 Å². The van der Waals surface area contributed by atoms with E-state index in [4.69, 9.17) is 15.0 Å². The summed E-state index contributed by atoms with van der Waals surface area (Å²) in [6.45, 7) is 9.75. The highest BCUT2D eigenvalue weighted by Crippen LogP contribution is 2.55. The Morgan fingerprint density at radius 2 is 2.03 bits per heavy atom. The molecule has 2 aromatic heterocycles. The summed E-state index contributed by atoms with van der Waals surface area (Å²) in [6, 6.07) is 9.97. The van der Waals surface area contributed by atoms with Gasteiger partial charge in [0.15, 0.2) is 5.76 Å². The minimum Gasteiger partial charge on any atom is -0.466 e. The van der Waals surface area contributed by atoms with Crippen LogP contribution in [0.25, 0.3) is 17.4 Å². The number of allylic oxidation sites excluding steroid dienone is 1. The Balaban J connectivity index is 1.16. The summed E-state index contributed by atoms with van der Waals surface area (Å²) in [5.74, 6) is 3.25. The molecule has 1 saturated heterocycles. The molecule has 1 aromatic carbocycles. The minimum absolute atomic E-state index is 0.0891. The van der Waals surface area contributed by atoms with Gasteiger partial charge in [-0.25, -0.2) is 4.98 Å². The predicted molar refractivity (Wildman–Crippen MR) is 148 cm³/mol. The molecule has 3 heterocycles. The first-order chi connectivity index (χ1) is 18.9. The monoisotopic (exact) mass is 533 g/mol. The van der Waals surface area contributed by atoms with Gasteiger partial charge in [0.05, 0.1) is 12.6 Å². The van der Waals surface area contributed by atoms with Gasteiger partial charge in [-0.15, -0.1) is 0 Å². The van der Waals surface area contributed by atoms with Gasteiger partial charge in [0, 0.05) is 50.1 Å². The number of nitrogens with two attached hydrogens (primary N) is 1. The molecule has 1 saturated carbocycles. The van der Waals surface area contributed by atoms with Crippen molar-refractivity contribution in [3.8, 4) is 11.3 Å². The van der Waals surface area contributed by atoms with Gasteiger partial charge in [-0.2, -0.15) is 0 Å². The van der Waals surface area contributed by atoms with E-state index in [-0.39, 0.29) is 12.0 Å².